The van der Waals surface area contributed by atoms with Crippen molar-refractivity contribution in [2.45, 2.75) is 12.5 Å². The second-order valence-corrected chi connectivity index (χ2v) is 3.91. The molecule has 1 unspecified atom stereocenters. The number of nitrogens with one attached hydrogen (secondary N) is 1. The minimum atomic E-state index is -0.854. The van der Waals surface area contributed by atoms with Crippen molar-refractivity contribution < 1.29 is 14.3 Å². The van der Waals surface area contributed by atoms with Crippen molar-refractivity contribution in [3.63, 3.8) is 0 Å². The second-order valence-electron chi connectivity index (χ2n) is 3.91. The molecule has 0 aliphatic carbocycles. The number of rotatable bonds is 1. The van der Waals surface area contributed by atoms with Crippen molar-refractivity contribution in [2.24, 2.45) is 0 Å². The summed E-state index contributed by atoms with van der Waals surface area (Å²) in [4.78, 5) is 11.2. The number of carbonyl (C=O) groups is 1. The first kappa shape index (κ1) is 9.42. The van der Waals surface area contributed by atoms with Crippen LogP contribution in [0.1, 0.15) is 17.4 Å². The van der Waals surface area contributed by atoms with Crippen molar-refractivity contribution in [3.8, 4) is 0 Å². The maximum absolute atomic E-state index is 11.2. The predicted molar refractivity (Wildman–Crippen MR) is 58.3 cm³/mol. The molecule has 3 rings (SSSR count). The maximum Gasteiger partial charge on any atom is 0.325 e. The minimum absolute atomic E-state index is 0.643. The lowest BCUT2D eigenvalue weighted by atomic mass is 9.98. The van der Waals surface area contributed by atoms with Crippen molar-refractivity contribution in [3.05, 3.63) is 35.6 Å². The van der Waals surface area contributed by atoms with Crippen LogP contribution in [0.5, 0.6) is 0 Å². The average Bonchev–Trinajstić information content (AvgIpc) is 2.66. The van der Waals surface area contributed by atoms with Crippen LogP contribution >= 0.6 is 0 Å². The van der Waals surface area contributed by atoms with Gasteiger partial charge in [-0.3, -0.25) is 4.79 Å². The summed E-state index contributed by atoms with van der Waals surface area (Å²) in [5.74, 6) is -0.0557. The number of fused-ring (bicyclic) bond motifs is 3. The van der Waals surface area contributed by atoms with E-state index in [0.29, 0.717) is 6.54 Å². The summed E-state index contributed by atoms with van der Waals surface area (Å²) < 4.78 is 5.67. The molecular weight excluding hydrogens is 206 g/mol. The lowest BCUT2D eigenvalue weighted by Gasteiger charge is -2.19. The number of hydrogen-bond donors (Lipinski definition) is 2. The number of hydrogen-bond acceptors (Lipinski definition) is 3. The van der Waals surface area contributed by atoms with Crippen LogP contribution in [-0.4, -0.2) is 17.6 Å². The van der Waals surface area contributed by atoms with E-state index in [2.05, 4.69) is 5.32 Å². The highest BCUT2D eigenvalue weighted by Crippen LogP contribution is 2.33. The van der Waals surface area contributed by atoms with E-state index in [-0.39, 0.29) is 0 Å². The van der Waals surface area contributed by atoms with E-state index in [0.717, 1.165) is 28.7 Å². The second kappa shape index (κ2) is 3.35. The summed E-state index contributed by atoms with van der Waals surface area (Å²) in [6, 6.07) is 6.91. The highest BCUT2D eigenvalue weighted by molar-refractivity contribution is 5.89. The highest BCUT2D eigenvalue weighted by atomic mass is 16.4. The van der Waals surface area contributed by atoms with Gasteiger partial charge in [0, 0.05) is 23.9 Å². The molecule has 1 aromatic heterocycles. The number of carboxylic acid groups (broad SMARTS) is 1. The summed E-state index contributed by atoms with van der Waals surface area (Å²) in [5.41, 5.74) is 1.55. The summed E-state index contributed by atoms with van der Waals surface area (Å²) in [7, 11) is 0. The molecule has 0 radical (unpaired) electrons. The average molecular weight is 217 g/mol. The van der Waals surface area contributed by atoms with Gasteiger partial charge in [-0.1, -0.05) is 18.2 Å². The van der Waals surface area contributed by atoms with Gasteiger partial charge in [0.05, 0.1) is 0 Å². The molecule has 4 heteroatoms. The van der Waals surface area contributed by atoms with Gasteiger partial charge < -0.3 is 14.8 Å². The van der Waals surface area contributed by atoms with Gasteiger partial charge in [-0.05, 0) is 6.07 Å². The van der Waals surface area contributed by atoms with Crippen molar-refractivity contribution >= 4 is 16.9 Å². The molecule has 0 spiro atoms. The Kier molecular flexibility index (Phi) is 1.97. The van der Waals surface area contributed by atoms with E-state index in [1.54, 1.807) is 0 Å². The van der Waals surface area contributed by atoms with Crippen LogP contribution in [0.3, 0.4) is 0 Å². The van der Waals surface area contributed by atoms with Crippen molar-refractivity contribution in [2.75, 3.05) is 6.54 Å². The van der Waals surface area contributed by atoms with Crippen LogP contribution in [0, 0.1) is 0 Å². The summed E-state index contributed by atoms with van der Waals surface area (Å²) in [6.45, 7) is 0.643. The molecule has 0 amide bonds. The van der Waals surface area contributed by atoms with Gasteiger partial charge in [0.2, 0.25) is 0 Å². The molecule has 0 saturated carbocycles. The van der Waals surface area contributed by atoms with Crippen molar-refractivity contribution in [1.82, 2.24) is 5.32 Å². The van der Waals surface area contributed by atoms with Gasteiger partial charge >= 0.3 is 5.97 Å². The zero-order valence-corrected chi connectivity index (χ0v) is 8.56. The van der Waals surface area contributed by atoms with Gasteiger partial charge in [-0.2, -0.15) is 0 Å². The smallest absolute Gasteiger partial charge is 0.325 e. The first-order chi connectivity index (χ1) is 7.77. The molecule has 0 bridgehead atoms. The molecule has 1 aromatic carbocycles. The van der Waals surface area contributed by atoms with Crippen LogP contribution in [0.2, 0.25) is 0 Å². The van der Waals surface area contributed by atoms with Crippen LogP contribution in [0.4, 0.5) is 0 Å². The molecule has 2 N–H and O–H groups in total. The van der Waals surface area contributed by atoms with Gasteiger partial charge in [0.25, 0.3) is 0 Å². The fraction of sp³-hybridized carbons (Fsp3) is 0.250. The van der Waals surface area contributed by atoms with E-state index in [4.69, 9.17) is 9.52 Å². The Morgan fingerprint density at radius 3 is 3.06 bits per heavy atom. The third-order valence-electron chi connectivity index (χ3n) is 2.95. The molecule has 82 valence electrons. The Morgan fingerprint density at radius 1 is 1.44 bits per heavy atom. The van der Waals surface area contributed by atoms with Gasteiger partial charge in [-0.25, -0.2) is 0 Å². The van der Waals surface area contributed by atoms with Crippen LogP contribution in [0.25, 0.3) is 11.0 Å². The standard InChI is InChI=1S/C12H11NO3/c14-12(15)11-10-7-3-1-2-4-8(7)16-9(10)5-6-13-11/h1-4,11,13H,5-6H2,(H,14,15). The van der Waals surface area contributed by atoms with Crippen molar-refractivity contribution in [1.29, 1.82) is 0 Å². The van der Waals surface area contributed by atoms with E-state index in [1.807, 2.05) is 24.3 Å². The van der Waals surface area contributed by atoms with E-state index in [9.17, 15) is 4.79 Å². The lowest BCUT2D eigenvalue weighted by Crippen LogP contribution is -2.34. The first-order valence-electron chi connectivity index (χ1n) is 5.24. The third-order valence-corrected chi connectivity index (χ3v) is 2.95. The summed E-state index contributed by atoms with van der Waals surface area (Å²) in [5, 5.41) is 13.1. The normalized spacial score (nSPS) is 19.6. The molecule has 0 saturated heterocycles. The molecule has 1 atom stereocenters. The molecule has 1 aliphatic rings. The molecule has 2 heterocycles. The fourth-order valence-corrected chi connectivity index (χ4v) is 2.26. The Hall–Kier alpha value is -1.81. The first-order valence-corrected chi connectivity index (χ1v) is 5.24. The quantitative estimate of drug-likeness (QED) is 0.763. The Bertz CT molecular complexity index is 558. The molecule has 4 nitrogen and oxygen atoms in total. The van der Waals surface area contributed by atoms with Crippen LogP contribution < -0.4 is 5.32 Å². The summed E-state index contributed by atoms with van der Waals surface area (Å²) >= 11 is 0. The van der Waals surface area contributed by atoms with Gasteiger partial charge in [-0.15, -0.1) is 0 Å². The Balaban J connectivity index is 2.28. The molecule has 2 aromatic rings. The number of furan rings is 1. The van der Waals surface area contributed by atoms with Gasteiger partial charge in [0.1, 0.15) is 17.4 Å². The third kappa shape index (κ3) is 1.23. The number of carboxylic acids is 1. The molecule has 0 fully saturated rings. The van der Waals surface area contributed by atoms with E-state index >= 15 is 0 Å². The Morgan fingerprint density at radius 2 is 2.25 bits per heavy atom. The zero-order chi connectivity index (χ0) is 11.1. The molecular formula is C12H11NO3. The molecule has 1 aliphatic heterocycles. The highest BCUT2D eigenvalue weighted by Gasteiger charge is 2.30. The largest absolute Gasteiger partial charge is 0.480 e. The maximum atomic E-state index is 11.2. The monoisotopic (exact) mass is 217 g/mol. The lowest BCUT2D eigenvalue weighted by molar-refractivity contribution is -0.139. The number of benzene rings is 1. The molecule has 16 heavy (non-hydrogen) atoms. The van der Waals surface area contributed by atoms with Crippen LogP contribution in [-0.2, 0) is 11.2 Å². The van der Waals surface area contributed by atoms with E-state index in [1.165, 1.54) is 0 Å². The van der Waals surface area contributed by atoms with Gasteiger partial charge in [0.15, 0.2) is 0 Å². The van der Waals surface area contributed by atoms with Crippen LogP contribution in [0.15, 0.2) is 28.7 Å². The summed E-state index contributed by atoms with van der Waals surface area (Å²) in [6.07, 6.45) is 0.744. The van der Waals surface area contributed by atoms with E-state index < -0.39 is 12.0 Å². The predicted octanol–water partition coefficient (Wildman–Crippen LogP) is 1.70. The SMILES string of the molecule is O=C(O)C1NCCc2oc3ccccc3c21. The topological polar surface area (TPSA) is 62.5 Å². The zero-order valence-electron chi connectivity index (χ0n) is 8.56. The number of para-hydroxylation sites is 1. The minimum Gasteiger partial charge on any atom is -0.480 e. The Labute approximate surface area is 91.9 Å². The number of aliphatic carboxylic acids is 1. The fourth-order valence-electron chi connectivity index (χ4n) is 2.26.